The molecule has 0 radical (unpaired) electrons. The van der Waals surface area contributed by atoms with Crippen LogP contribution in [0.15, 0.2) is 17.0 Å². The molecule has 1 N–H and O–H groups in total. The van der Waals surface area contributed by atoms with Gasteiger partial charge in [-0.05, 0) is 12.8 Å². The Hall–Kier alpha value is -1.69. The van der Waals surface area contributed by atoms with Crippen molar-refractivity contribution in [2.75, 3.05) is 13.2 Å². The predicted octanol–water partition coefficient (Wildman–Crippen LogP) is 1.28. The van der Waals surface area contributed by atoms with Crippen LogP contribution in [0.3, 0.4) is 0 Å². The van der Waals surface area contributed by atoms with Crippen LogP contribution in [0.4, 0.5) is 0 Å². The van der Waals surface area contributed by atoms with E-state index >= 15 is 0 Å². The van der Waals surface area contributed by atoms with Crippen molar-refractivity contribution in [3.63, 3.8) is 0 Å². The highest BCUT2D eigenvalue weighted by Crippen LogP contribution is 2.24. The molecule has 2 aromatic heterocycles. The Morgan fingerprint density at radius 3 is 3.00 bits per heavy atom. The van der Waals surface area contributed by atoms with E-state index in [9.17, 15) is 0 Å². The number of aromatic nitrogens is 4. The molecule has 1 fully saturated rings. The van der Waals surface area contributed by atoms with Crippen LogP contribution in [0, 0.1) is 0 Å². The van der Waals surface area contributed by atoms with Crippen LogP contribution in [0.25, 0.3) is 0 Å². The summed E-state index contributed by atoms with van der Waals surface area (Å²) in [5, 5.41) is 4.04. The number of nitrogens with zero attached hydrogens (tertiary/aromatic N) is 3. The first kappa shape index (κ1) is 10.5. The van der Waals surface area contributed by atoms with E-state index in [-0.39, 0.29) is 0 Å². The van der Waals surface area contributed by atoms with Gasteiger partial charge in [0, 0.05) is 31.0 Å². The van der Waals surface area contributed by atoms with E-state index in [4.69, 9.17) is 9.26 Å². The minimum atomic E-state index is 0.378. The Labute approximate surface area is 98.4 Å². The molecule has 3 heterocycles. The van der Waals surface area contributed by atoms with E-state index in [0.717, 1.165) is 37.6 Å². The summed E-state index contributed by atoms with van der Waals surface area (Å²) in [7, 11) is 0. The van der Waals surface area contributed by atoms with Crippen molar-refractivity contribution in [3.8, 4) is 0 Å². The van der Waals surface area contributed by atoms with Gasteiger partial charge >= 0.3 is 0 Å². The van der Waals surface area contributed by atoms with Gasteiger partial charge in [-0.25, -0.2) is 4.98 Å². The fraction of sp³-hybridized carbons (Fsp3) is 0.545. The molecule has 6 nitrogen and oxygen atoms in total. The normalized spacial score (nSPS) is 17.4. The van der Waals surface area contributed by atoms with Crippen molar-refractivity contribution in [2.45, 2.75) is 25.2 Å². The Balaban J connectivity index is 1.69. The monoisotopic (exact) mass is 234 g/mol. The molecule has 0 atom stereocenters. The van der Waals surface area contributed by atoms with Gasteiger partial charge in [0.1, 0.15) is 0 Å². The lowest BCUT2D eigenvalue weighted by molar-refractivity contribution is 0.0830. The third kappa shape index (κ3) is 2.36. The van der Waals surface area contributed by atoms with E-state index in [1.54, 1.807) is 12.5 Å². The van der Waals surface area contributed by atoms with Gasteiger partial charge in [0.15, 0.2) is 5.82 Å². The first-order valence-corrected chi connectivity index (χ1v) is 5.79. The highest BCUT2D eigenvalue weighted by atomic mass is 16.5. The molecule has 0 aromatic carbocycles. The average Bonchev–Trinajstić information content (AvgIpc) is 3.02. The van der Waals surface area contributed by atoms with Gasteiger partial charge in [0.05, 0.1) is 12.7 Å². The summed E-state index contributed by atoms with van der Waals surface area (Å²) < 4.78 is 10.6. The number of hydrogen-bond donors (Lipinski definition) is 1. The molecule has 0 aliphatic carbocycles. The molecule has 0 amide bonds. The van der Waals surface area contributed by atoms with Gasteiger partial charge in [-0.3, -0.25) is 0 Å². The highest BCUT2D eigenvalue weighted by Gasteiger charge is 2.21. The summed E-state index contributed by atoms with van der Waals surface area (Å²) in [5.74, 6) is 1.82. The summed E-state index contributed by atoms with van der Waals surface area (Å²) in [6.07, 6.45) is 5.96. The van der Waals surface area contributed by atoms with Crippen molar-refractivity contribution >= 4 is 0 Å². The molecular formula is C11H14N4O2. The van der Waals surface area contributed by atoms with E-state index < -0.39 is 0 Å². The van der Waals surface area contributed by atoms with E-state index in [0.29, 0.717) is 18.2 Å². The predicted molar refractivity (Wildman–Crippen MR) is 58.5 cm³/mol. The van der Waals surface area contributed by atoms with Crippen molar-refractivity contribution < 1.29 is 9.26 Å². The van der Waals surface area contributed by atoms with Crippen LogP contribution < -0.4 is 0 Å². The first-order chi connectivity index (χ1) is 8.42. The summed E-state index contributed by atoms with van der Waals surface area (Å²) in [6, 6.07) is 0. The Kier molecular flexibility index (Phi) is 2.87. The van der Waals surface area contributed by atoms with E-state index in [1.165, 1.54) is 0 Å². The fourth-order valence-electron chi connectivity index (χ4n) is 2.01. The Morgan fingerprint density at radius 1 is 1.35 bits per heavy atom. The lowest BCUT2D eigenvalue weighted by Crippen LogP contribution is -2.15. The van der Waals surface area contributed by atoms with Crippen molar-refractivity contribution in [2.24, 2.45) is 0 Å². The number of H-pyrrole nitrogens is 1. The number of ether oxygens (including phenoxy) is 1. The number of rotatable bonds is 3. The summed E-state index contributed by atoms with van der Waals surface area (Å²) in [6.45, 7) is 1.57. The van der Waals surface area contributed by atoms with Gasteiger partial charge in [0.2, 0.25) is 5.89 Å². The maximum atomic E-state index is 5.31. The fourth-order valence-corrected chi connectivity index (χ4v) is 2.01. The number of nitrogens with one attached hydrogen (secondary N) is 1. The molecule has 17 heavy (non-hydrogen) atoms. The first-order valence-electron chi connectivity index (χ1n) is 5.79. The molecule has 1 aliphatic rings. The summed E-state index contributed by atoms with van der Waals surface area (Å²) >= 11 is 0. The molecule has 0 spiro atoms. The third-order valence-electron chi connectivity index (χ3n) is 2.97. The van der Waals surface area contributed by atoms with E-state index in [2.05, 4.69) is 20.1 Å². The van der Waals surface area contributed by atoms with Crippen LogP contribution in [0.5, 0.6) is 0 Å². The molecule has 1 saturated heterocycles. The van der Waals surface area contributed by atoms with Crippen LogP contribution in [0.2, 0.25) is 0 Å². The third-order valence-corrected chi connectivity index (χ3v) is 2.97. The SMILES string of the molecule is c1ncc(Cc2nc(C3CCOCC3)no2)[nH]1. The average molecular weight is 234 g/mol. The van der Waals surface area contributed by atoms with E-state index in [1.807, 2.05) is 0 Å². The highest BCUT2D eigenvalue weighted by molar-refractivity contribution is 5.04. The molecule has 3 rings (SSSR count). The second-order valence-electron chi connectivity index (χ2n) is 4.19. The Bertz CT molecular complexity index is 460. The van der Waals surface area contributed by atoms with Crippen LogP contribution >= 0.6 is 0 Å². The zero-order chi connectivity index (χ0) is 11.5. The molecule has 1 aliphatic heterocycles. The minimum Gasteiger partial charge on any atom is -0.381 e. The summed E-state index contributed by atoms with van der Waals surface area (Å²) in [5.41, 5.74) is 0.979. The zero-order valence-electron chi connectivity index (χ0n) is 9.43. The van der Waals surface area contributed by atoms with Crippen LogP contribution in [-0.4, -0.2) is 33.3 Å². The molecule has 90 valence electrons. The molecule has 0 bridgehead atoms. The number of imidazole rings is 1. The van der Waals surface area contributed by atoms with Crippen molar-refractivity contribution in [1.29, 1.82) is 0 Å². The maximum absolute atomic E-state index is 5.31. The van der Waals surface area contributed by atoms with Crippen LogP contribution in [0.1, 0.15) is 36.2 Å². The van der Waals surface area contributed by atoms with Crippen molar-refractivity contribution in [3.05, 3.63) is 29.9 Å². The van der Waals surface area contributed by atoms with Gasteiger partial charge in [-0.2, -0.15) is 4.98 Å². The van der Waals surface area contributed by atoms with Gasteiger partial charge < -0.3 is 14.2 Å². The molecular weight excluding hydrogens is 220 g/mol. The minimum absolute atomic E-state index is 0.378. The lowest BCUT2D eigenvalue weighted by atomic mass is 10.00. The largest absolute Gasteiger partial charge is 0.381 e. The number of hydrogen-bond acceptors (Lipinski definition) is 5. The maximum Gasteiger partial charge on any atom is 0.232 e. The van der Waals surface area contributed by atoms with Crippen LogP contribution in [-0.2, 0) is 11.2 Å². The summed E-state index contributed by atoms with van der Waals surface area (Å²) in [4.78, 5) is 11.4. The molecule has 2 aromatic rings. The van der Waals surface area contributed by atoms with Gasteiger partial charge in [-0.15, -0.1) is 0 Å². The second kappa shape index (κ2) is 4.67. The molecule has 0 saturated carbocycles. The topological polar surface area (TPSA) is 76.8 Å². The smallest absolute Gasteiger partial charge is 0.232 e. The number of aromatic amines is 1. The molecule has 6 heteroatoms. The van der Waals surface area contributed by atoms with Gasteiger partial charge in [0.25, 0.3) is 0 Å². The molecule has 0 unspecified atom stereocenters. The lowest BCUT2D eigenvalue weighted by Gasteiger charge is -2.18. The Morgan fingerprint density at radius 2 is 2.24 bits per heavy atom. The zero-order valence-corrected chi connectivity index (χ0v) is 9.43. The van der Waals surface area contributed by atoms with Gasteiger partial charge in [-0.1, -0.05) is 5.16 Å². The standard InChI is InChI=1S/C11H14N4O2/c1-3-16-4-2-8(1)11-14-10(17-15-11)5-9-6-12-7-13-9/h6-8H,1-5H2,(H,12,13). The quantitative estimate of drug-likeness (QED) is 0.865. The second-order valence-corrected chi connectivity index (χ2v) is 4.19. The van der Waals surface area contributed by atoms with Crippen molar-refractivity contribution in [1.82, 2.24) is 20.1 Å².